The molecular formula is C63H36F20O12. The summed E-state index contributed by atoms with van der Waals surface area (Å²) in [7, 11) is 0. The maximum Gasteiger partial charge on any atom is 0.349 e. The van der Waals surface area contributed by atoms with Crippen LogP contribution in [0.4, 0.5) is 87.8 Å². The Morgan fingerprint density at radius 1 is 0.242 bits per heavy atom. The van der Waals surface area contributed by atoms with Crippen LogP contribution in [0.25, 0.3) is 0 Å². The zero-order valence-electron chi connectivity index (χ0n) is 48.2. The first-order chi connectivity index (χ1) is 44.7. The summed E-state index contributed by atoms with van der Waals surface area (Å²) in [5, 5.41) is 0. The highest BCUT2D eigenvalue weighted by Crippen LogP contribution is 2.40. The lowest BCUT2D eigenvalue weighted by Crippen LogP contribution is -2.22. The Labute approximate surface area is 519 Å². The van der Waals surface area contributed by atoms with Gasteiger partial charge in [-0.1, -0.05) is 70.8 Å². The Hall–Kier alpha value is -10.6. The summed E-state index contributed by atoms with van der Waals surface area (Å²) in [6, 6.07) is 13.5. The van der Waals surface area contributed by atoms with Crippen LogP contribution in [0.2, 0.25) is 0 Å². The van der Waals surface area contributed by atoms with Gasteiger partial charge in [0.05, 0.1) is 0 Å². The minimum Gasteiger partial charge on any atom is -0.482 e. The summed E-state index contributed by atoms with van der Waals surface area (Å²) >= 11 is 0. The van der Waals surface area contributed by atoms with E-state index in [-0.39, 0.29) is 56.0 Å². The van der Waals surface area contributed by atoms with Gasteiger partial charge in [0.1, 0.15) is 23.0 Å². The Morgan fingerprint density at radius 3 is 0.663 bits per heavy atom. The summed E-state index contributed by atoms with van der Waals surface area (Å²) in [6.07, 6.45) is -1.54. The Morgan fingerprint density at radius 2 is 0.432 bits per heavy atom. The lowest BCUT2D eigenvalue weighted by Gasteiger charge is -2.21. The maximum absolute atomic E-state index is 14.8. The molecule has 0 unspecified atom stereocenters. The van der Waals surface area contributed by atoms with Gasteiger partial charge in [0.2, 0.25) is 139 Å². The van der Waals surface area contributed by atoms with Crippen LogP contribution in [0, 0.1) is 144 Å². The first-order valence-electron chi connectivity index (χ1n) is 26.5. The third-order valence-electron chi connectivity index (χ3n) is 13.3. The van der Waals surface area contributed by atoms with Gasteiger partial charge < -0.3 is 37.9 Å². The molecule has 0 bridgehead atoms. The van der Waals surface area contributed by atoms with Crippen LogP contribution in [0.1, 0.15) is 55.6 Å². The van der Waals surface area contributed by atoms with E-state index >= 15 is 0 Å². The fourth-order valence-electron chi connectivity index (χ4n) is 9.15. The summed E-state index contributed by atoms with van der Waals surface area (Å²) in [5.74, 6) is -67.5. The van der Waals surface area contributed by atoms with Gasteiger partial charge in [-0.15, -0.1) is 0 Å². The highest BCUT2D eigenvalue weighted by molar-refractivity contribution is 5.76. The van der Waals surface area contributed by atoms with E-state index in [2.05, 4.69) is 18.9 Å². The molecule has 95 heavy (non-hydrogen) atoms. The second kappa shape index (κ2) is 28.8. The van der Waals surface area contributed by atoms with Gasteiger partial charge in [-0.25, -0.2) is 71.9 Å². The first-order valence-corrected chi connectivity index (χ1v) is 26.5. The number of ether oxygens (including phenoxy) is 8. The van der Waals surface area contributed by atoms with Gasteiger partial charge >= 0.3 is 23.9 Å². The summed E-state index contributed by atoms with van der Waals surface area (Å²) in [4.78, 5) is 52.5. The van der Waals surface area contributed by atoms with E-state index in [1.807, 2.05) is 0 Å². The smallest absolute Gasteiger partial charge is 0.349 e. The molecule has 0 radical (unpaired) electrons. The minimum absolute atomic E-state index is 0.0376. The van der Waals surface area contributed by atoms with Gasteiger partial charge in [0.25, 0.3) is 0 Å². The zero-order chi connectivity index (χ0) is 69.9. The predicted octanol–water partition coefficient (Wildman–Crippen LogP) is 14.4. The van der Waals surface area contributed by atoms with Crippen molar-refractivity contribution >= 4 is 23.9 Å². The molecule has 0 fully saturated rings. The van der Waals surface area contributed by atoms with Crippen molar-refractivity contribution in [1.29, 1.82) is 0 Å². The fourth-order valence-corrected chi connectivity index (χ4v) is 9.15. The molecule has 0 saturated carbocycles. The van der Waals surface area contributed by atoms with Crippen molar-refractivity contribution < 1.29 is 145 Å². The number of carbonyl (C=O) groups excluding carboxylic acids is 4. The molecule has 500 valence electrons. The average Bonchev–Trinajstić information content (AvgIpc) is 0.851. The van der Waals surface area contributed by atoms with Crippen molar-refractivity contribution in [3.8, 4) is 46.0 Å². The molecule has 0 aliphatic rings. The van der Waals surface area contributed by atoms with Crippen molar-refractivity contribution in [2.45, 2.75) is 47.0 Å². The van der Waals surface area contributed by atoms with Gasteiger partial charge in [-0.3, -0.25) is 0 Å². The highest BCUT2D eigenvalue weighted by Gasteiger charge is 2.34. The van der Waals surface area contributed by atoms with Crippen LogP contribution >= 0.6 is 0 Å². The summed E-state index contributed by atoms with van der Waals surface area (Å²) < 4.78 is 326. The highest BCUT2D eigenvalue weighted by atomic mass is 19.2. The quantitative estimate of drug-likeness (QED) is 0.0210. The number of halogens is 20. The van der Waals surface area contributed by atoms with Crippen LogP contribution in [-0.2, 0) is 38.4 Å². The first kappa shape index (κ1) is 70.3. The van der Waals surface area contributed by atoms with E-state index in [9.17, 15) is 107 Å². The molecule has 0 N–H and O–H groups in total. The molecule has 32 heteroatoms. The topological polar surface area (TPSA) is 142 Å². The van der Waals surface area contributed by atoms with Crippen molar-refractivity contribution in [3.63, 3.8) is 0 Å². The Balaban J connectivity index is 1.21. The van der Waals surface area contributed by atoms with Crippen LogP contribution in [-0.4, -0.2) is 50.3 Å². The summed E-state index contributed by atoms with van der Waals surface area (Å²) in [6.45, 7) is 0.434. The molecule has 8 aromatic carbocycles. The van der Waals surface area contributed by atoms with E-state index in [0.29, 0.717) is 11.1 Å². The Kier molecular flexibility index (Phi) is 21.3. The number of carbonyl (C=O) groups is 4. The van der Waals surface area contributed by atoms with Crippen LogP contribution < -0.4 is 37.9 Å². The lowest BCUT2D eigenvalue weighted by molar-refractivity contribution is -0.138. The number of hydrogen-bond acceptors (Lipinski definition) is 12. The van der Waals surface area contributed by atoms with E-state index in [0.717, 1.165) is 0 Å². The largest absolute Gasteiger partial charge is 0.482 e. The van der Waals surface area contributed by atoms with Gasteiger partial charge in [0, 0.05) is 19.3 Å². The average molecular weight is 1360 g/mol. The number of hydrogen-bond donors (Lipinski definition) is 0. The van der Waals surface area contributed by atoms with Gasteiger partial charge in [-0.05, 0) is 73.2 Å². The molecule has 0 amide bonds. The molecule has 8 rings (SSSR count). The molecule has 0 heterocycles. The molecule has 0 aliphatic carbocycles. The van der Waals surface area contributed by atoms with Crippen LogP contribution in [0.5, 0.6) is 46.0 Å². The monoisotopic (exact) mass is 1360 g/mol. The fraction of sp³-hybridized carbons (Fsp3) is 0.175. The zero-order valence-corrected chi connectivity index (χ0v) is 48.2. The van der Waals surface area contributed by atoms with Crippen LogP contribution in [0.3, 0.4) is 0 Å². The molecule has 0 saturated heterocycles. The number of esters is 4. The molecule has 12 nitrogen and oxygen atoms in total. The van der Waals surface area contributed by atoms with Crippen LogP contribution in [0.15, 0.2) is 60.7 Å². The van der Waals surface area contributed by atoms with Gasteiger partial charge in [-0.2, -0.15) is 35.1 Å². The standard InChI is InChI=1S/C63H36F20O12/c1-22-5-7-32(88-18-34(84)92-60-50(76)42(68)38(64)43(69)51(60)77)26(9-22)15-28-11-24(3)13-30(58(28)90-20-36(86)94-62-54(80)46(72)40(66)47(73)55(62)81)17-31-14-25(4)12-29(59(31)91-21-37(87)95-63-56(82)48(74)41(67)49(75)57(63)83)16-27-10-23(2)6-8-33(27)89-19-35(85)93-61-52(78)44(70)39(65)45(71)53(61)79/h5-14H,15-21H2,1-4H3. The molecule has 0 aromatic heterocycles. The maximum atomic E-state index is 14.8. The van der Waals surface area contributed by atoms with Crippen molar-refractivity contribution in [1.82, 2.24) is 0 Å². The van der Waals surface area contributed by atoms with Crippen molar-refractivity contribution in [3.05, 3.63) is 233 Å². The minimum atomic E-state index is -2.63. The molecular weight excluding hydrogens is 1330 g/mol. The lowest BCUT2D eigenvalue weighted by atomic mass is 9.91. The third-order valence-corrected chi connectivity index (χ3v) is 13.3. The summed E-state index contributed by atoms with van der Waals surface area (Å²) in [5.41, 5.74) is 1.19. The van der Waals surface area contributed by atoms with E-state index in [1.165, 1.54) is 88.4 Å². The van der Waals surface area contributed by atoms with E-state index in [1.54, 1.807) is 0 Å². The predicted molar refractivity (Wildman–Crippen MR) is 283 cm³/mol. The molecule has 8 aromatic rings. The van der Waals surface area contributed by atoms with Crippen molar-refractivity contribution in [2.24, 2.45) is 0 Å². The van der Waals surface area contributed by atoms with Gasteiger partial charge in [0.15, 0.2) is 26.4 Å². The normalized spacial score (nSPS) is 11.2. The van der Waals surface area contributed by atoms with E-state index in [4.69, 9.17) is 18.9 Å². The second-order valence-electron chi connectivity index (χ2n) is 20.2. The SMILES string of the molecule is Cc1ccc(OCC(=O)Oc2c(F)c(F)c(F)c(F)c2F)c(Cc2cc(C)cc(Cc3cc(C)cc(Cc4cc(C)ccc4OCC(=O)Oc4c(F)c(F)c(F)c(F)c4F)c3OCC(=O)Oc3c(F)c(F)c(F)c(F)c3F)c2OCC(=O)Oc2c(F)c(F)c(F)c(F)c2F)c1. The number of aryl methyl sites for hydroxylation is 4. The molecule has 0 atom stereocenters. The Bertz CT molecular complexity index is 4070. The van der Waals surface area contributed by atoms with Crippen molar-refractivity contribution in [2.75, 3.05) is 26.4 Å². The second-order valence-corrected chi connectivity index (χ2v) is 20.2. The number of benzene rings is 8. The molecule has 0 spiro atoms. The third kappa shape index (κ3) is 15.1. The van der Waals surface area contributed by atoms with E-state index < -0.39 is 220 Å². The molecule has 0 aliphatic heterocycles. The number of rotatable bonds is 22.